The van der Waals surface area contributed by atoms with E-state index in [1.165, 1.54) is 18.2 Å². The lowest BCUT2D eigenvalue weighted by molar-refractivity contribution is 0.0951. The lowest BCUT2D eigenvalue weighted by Gasteiger charge is -2.05. The van der Waals surface area contributed by atoms with Gasteiger partial charge in [-0.15, -0.1) is 0 Å². The van der Waals surface area contributed by atoms with Crippen molar-refractivity contribution >= 4 is 11.6 Å². The highest BCUT2D eigenvalue weighted by atomic mass is 19.1. The molecule has 0 unspecified atom stereocenters. The highest BCUT2D eigenvalue weighted by molar-refractivity contribution is 6.00. The third kappa shape index (κ3) is 3.66. The summed E-state index contributed by atoms with van der Waals surface area (Å²) in [7, 11) is 1.59. The van der Waals surface area contributed by atoms with E-state index in [-0.39, 0.29) is 5.56 Å². The Labute approximate surface area is 122 Å². The van der Waals surface area contributed by atoms with E-state index in [0.717, 1.165) is 11.3 Å². The van der Waals surface area contributed by atoms with E-state index < -0.39 is 11.7 Å². The summed E-state index contributed by atoms with van der Waals surface area (Å²) in [5, 5.41) is 3.98. The highest BCUT2D eigenvalue weighted by Crippen LogP contribution is 2.12. The molecule has 2 rings (SSSR count). The first kappa shape index (κ1) is 14.7. The second-order valence-electron chi connectivity index (χ2n) is 4.35. The predicted molar refractivity (Wildman–Crippen MR) is 79.1 cm³/mol. The van der Waals surface area contributed by atoms with Crippen LogP contribution in [0.1, 0.15) is 22.8 Å². The Morgan fingerprint density at radius 1 is 1.14 bits per heavy atom. The molecule has 0 radical (unpaired) electrons. The van der Waals surface area contributed by atoms with Crippen molar-refractivity contribution < 1.29 is 13.9 Å². The summed E-state index contributed by atoms with van der Waals surface area (Å²) >= 11 is 0. The number of hydrazone groups is 1. The molecule has 0 fully saturated rings. The first-order valence-corrected chi connectivity index (χ1v) is 6.35. The van der Waals surface area contributed by atoms with Gasteiger partial charge in [0, 0.05) is 0 Å². The molecule has 0 atom stereocenters. The van der Waals surface area contributed by atoms with Crippen molar-refractivity contribution in [2.24, 2.45) is 5.10 Å². The summed E-state index contributed by atoms with van der Waals surface area (Å²) in [5.41, 5.74) is 3.76. The molecule has 0 saturated carbocycles. The molecule has 1 N–H and O–H groups in total. The molecule has 0 bridgehead atoms. The van der Waals surface area contributed by atoms with Gasteiger partial charge in [0.05, 0.1) is 18.4 Å². The van der Waals surface area contributed by atoms with Gasteiger partial charge in [-0.2, -0.15) is 5.10 Å². The molecule has 0 saturated heterocycles. The molecule has 21 heavy (non-hydrogen) atoms. The minimum atomic E-state index is -0.582. The van der Waals surface area contributed by atoms with Crippen LogP contribution in [0.5, 0.6) is 5.75 Å². The number of carbonyl (C=O) groups is 1. The van der Waals surface area contributed by atoms with Crippen molar-refractivity contribution in [2.45, 2.75) is 6.92 Å². The molecule has 4 nitrogen and oxygen atoms in total. The number of benzene rings is 2. The third-order valence-corrected chi connectivity index (χ3v) is 2.95. The van der Waals surface area contributed by atoms with Crippen molar-refractivity contribution in [1.29, 1.82) is 0 Å². The Balaban J connectivity index is 2.09. The quantitative estimate of drug-likeness (QED) is 0.694. The molecule has 0 aromatic heterocycles. The van der Waals surface area contributed by atoms with Gasteiger partial charge in [-0.25, -0.2) is 9.82 Å². The maximum absolute atomic E-state index is 13.4. The van der Waals surface area contributed by atoms with E-state index in [2.05, 4.69) is 10.5 Å². The lowest BCUT2D eigenvalue weighted by atomic mass is 10.1. The maximum Gasteiger partial charge on any atom is 0.274 e. The number of hydrogen-bond donors (Lipinski definition) is 1. The minimum Gasteiger partial charge on any atom is -0.497 e. The van der Waals surface area contributed by atoms with Crippen LogP contribution in [0.3, 0.4) is 0 Å². The van der Waals surface area contributed by atoms with E-state index in [0.29, 0.717) is 5.71 Å². The second kappa shape index (κ2) is 6.65. The highest BCUT2D eigenvalue weighted by Gasteiger charge is 2.09. The van der Waals surface area contributed by atoms with Gasteiger partial charge in [0.1, 0.15) is 11.6 Å². The van der Waals surface area contributed by atoms with E-state index in [1.54, 1.807) is 32.2 Å². The van der Waals surface area contributed by atoms with Gasteiger partial charge in [0.15, 0.2) is 0 Å². The average molecular weight is 286 g/mol. The van der Waals surface area contributed by atoms with Gasteiger partial charge >= 0.3 is 0 Å². The Hall–Kier alpha value is -2.69. The van der Waals surface area contributed by atoms with Gasteiger partial charge in [0.2, 0.25) is 0 Å². The Morgan fingerprint density at radius 2 is 1.81 bits per heavy atom. The molecule has 1 amide bonds. The number of nitrogens with zero attached hydrogens (tertiary/aromatic N) is 1. The fourth-order valence-corrected chi connectivity index (χ4v) is 1.74. The largest absolute Gasteiger partial charge is 0.497 e. The predicted octanol–water partition coefficient (Wildman–Crippen LogP) is 2.99. The van der Waals surface area contributed by atoms with Crippen LogP contribution in [0.25, 0.3) is 0 Å². The molecule has 0 aliphatic carbocycles. The Morgan fingerprint density at radius 3 is 2.43 bits per heavy atom. The molecule has 5 heteroatoms. The molecule has 0 spiro atoms. The van der Waals surface area contributed by atoms with Crippen LogP contribution >= 0.6 is 0 Å². The van der Waals surface area contributed by atoms with Crippen molar-refractivity contribution in [1.82, 2.24) is 5.43 Å². The summed E-state index contributed by atoms with van der Waals surface area (Å²) in [6.45, 7) is 1.75. The SMILES string of the molecule is COc1ccc(/C(C)=N\NC(=O)c2ccccc2F)cc1. The zero-order valence-electron chi connectivity index (χ0n) is 11.8. The summed E-state index contributed by atoms with van der Waals surface area (Å²) in [5.74, 6) is -0.421. The van der Waals surface area contributed by atoms with Crippen molar-refractivity contribution in [3.05, 3.63) is 65.5 Å². The van der Waals surface area contributed by atoms with Crippen LogP contribution in [0.15, 0.2) is 53.6 Å². The van der Waals surface area contributed by atoms with Gasteiger partial charge in [-0.1, -0.05) is 12.1 Å². The summed E-state index contributed by atoms with van der Waals surface area (Å²) in [6.07, 6.45) is 0. The Bertz CT molecular complexity index is 666. The minimum absolute atomic E-state index is 0.0382. The van der Waals surface area contributed by atoms with Crippen molar-refractivity contribution in [3.8, 4) is 5.75 Å². The third-order valence-electron chi connectivity index (χ3n) is 2.95. The van der Waals surface area contributed by atoms with E-state index in [9.17, 15) is 9.18 Å². The molecule has 2 aromatic carbocycles. The van der Waals surface area contributed by atoms with Gasteiger partial charge in [-0.3, -0.25) is 4.79 Å². The molecule has 2 aromatic rings. The fraction of sp³-hybridized carbons (Fsp3) is 0.125. The van der Waals surface area contributed by atoms with E-state index >= 15 is 0 Å². The molecule has 0 aliphatic heterocycles. The van der Waals surface area contributed by atoms with Gasteiger partial charge < -0.3 is 4.74 Å². The smallest absolute Gasteiger partial charge is 0.274 e. The lowest BCUT2D eigenvalue weighted by Crippen LogP contribution is -2.20. The standard InChI is InChI=1S/C16H15FN2O2/c1-11(12-7-9-13(21-2)10-8-12)18-19-16(20)14-5-3-4-6-15(14)17/h3-10H,1-2H3,(H,19,20)/b18-11-. The first-order chi connectivity index (χ1) is 10.1. The number of halogens is 1. The van der Waals surface area contributed by atoms with Crippen molar-refractivity contribution in [2.75, 3.05) is 7.11 Å². The Kier molecular flexibility index (Phi) is 4.66. The van der Waals surface area contributed by atoms with Crippen LogP contribution < -0.4 is 10.2 Å². The molecule has 0 aliphatic rings. The number of carbonyl (C=O) groups excluding carboxylic acids is 1. The van der Waals surface area contributed by atoms with Gasteiger partial charge in [-0.05, 0) is 48.9 Å². The van der Waals surface area contributed by atoms with Crippen LogP contribution in [0, 0.1) is 5.82 Å². The first-order valence-electron chi connectivity index (χ1n) is 6.35. The zero-order valence-corrected chi connectivity index (χ0v) is 11.8. The summed E-state index contributed by atoms with van der Waals surface area (Å²) in [6, 6.07) is 13.0. The van der Waals surface area contributed by atoms with E-state index in [4.69, 9.17) is 4.74 Å². The normalized spacial score (nSPS) is 11.1. The van der Waals surface area contributed by atoms with Crippen LogP contribution in [0.2, 0.25) is 0 Å². The number of methoxy groups -OCH3 is 1. The van der Waals surface area contributed by atoms with Crippen LogP contribution in [0.4, 0.5) is 4.39 Å². The molecule has 108 valence electrons. The second-order valence-corrected chi connectivity index (χ2v) is 4.35. The number of amides is 1. The monoisotopic (exact) mass is 286 g/mol. The van der Waals surface area contributed by atoms with E-state index in [1.807, 2.05) is 12.1 Å². The van der Waals surface area contributed by atoms with Crippen LogP contribution in [-0.2, 0) is 0 Å². The maximum atomic E-state index is 13.4. The number of ether oxygens (including phenoxy) is 1. The average Bonchev–Trinajstić information content (AvgIpc) is 2.52. The molecular formula is C16H15FN2O2. The summed E-state index contributed by atoms with van der Waals surface area (Å²) in [4.78, 5) is 11.8. The number of rotatable bonds is 4. The van der Waals surface area contributed by atoms with Crippen LogP contribution in [-0.4, -0.2) is 18.7 Å². The topological polar surface area (TPSA) is 50.7 Å². The van der Waals surface area contributed by atoms with Crippen molar-refractivity contribution in [3.63, 3.8) is 0 Å². The molecular weight excluding hydrogens is 271 g/mol. The zero-order chi connectivity index (χ0) is 15.2. The van der Waals surface area contributed by atoms with Gasteiger partial charge in [0.25, 0.3) is 5.91 Å². The number of hydrogen-bond acceptors (Lipinski definition) is 3. The molecule has 0 heterocycles. The fourth-order valence-electron chi connectivity index (χ4n) is 1.74. The summed E-state index contributed by atoms with van der Waals surface area (Å²) < 4.78 is 18.5. The number of nitrogens with one attached hydrogen (secondary N) is 1.